The van der Waals surface area contributed by atoms with Gasteiger partial charge in [0.25, 0.3) is 0 Å². The molecule has 1 saturated carbocycles. The van der Waals surface area contributed by atoms with Gasteiger partial charge in [-0.1, -0.05) is 0 Å². The monoisotopic (exact) mass is 140 g/mol. The first kappa shape index (κ1) is 6.16. The maximum Gasteiger partial charge on any atom is 0.224 e. The number of hydrogen-bond donors (Lipinski definition) is 1. The lowest BCUT2D eigenvalue weighted by atomic mass is 10.3. The van der Waals surface area contributed by atoms with E-state index in [4.69, 9.17) is 5.73 Å². The molecule has 56 valence electrons. The van der Waals surface area contributed by atoms with Crippen LogP contribution in [0.1, 0.15) is 19.3 Å². The Labute approximate surface area is 60.2 Å². The van der Waals surface area contributed by atoms with Crippen LogP contribution in [0.4, 0.5) is 0 Å². The number of nitrogens with zero attached hydrogens (tertiary/aromatic N) is 1. The van der Waals surface area contributed by atoms with Gasteiger partial charge < -0.3 is 10.6 Å². The second-order valence-corrected chi connectivity index (χ2v) is 3.24. The molecule has 1 aliphatic heterocycles. The first-order valence-corrected chi connectivity index (χ1v) is 3.82. The van der Waals surface area contributed by atoms with Crippen molar-refractivity contribution in [2.45, 2.75) is 31.3 Å². The van der Waals surface area contributed by atoms with Gasteiger partial charge in [0.15, 0.2) is 0 Å². The third-order valence-electron chi connectivity index (χ3n) is 2.18. The molecule has 0 spiro atoms. The van der Waals surface area contributed by atoms with Gasteiger partial charge in [0, 0.05) is 25.0 Å². The maximum atomic E-state index is 11.1. The predicted molar refractivity (Wildman–Crippen MR) is 37.3 cm³/mol. The lowest BCUT2D eigenvalue weighted by Gasteiger charge is -2.13. The summed E-state index contributed by atoms with van der Waals surface area (Å²) >= 11 is 0. The normalized spacial score (nSPS) is 33.5. The first-order chi connectivity index (χ1) is 4.77. The van der Waals surface area contributed by atoms with Gasteiger partial charge in [-0.2, -0.15) is 0 Å². The van der Waals surface area contributed by atoms with Crippen LogP contribution in [0.5, 0.6) is 0 Å². The number of likely N-dealkylation sites (tertiary alicyclic amines) is 1. The van der Waals surface area contributed by atoms with Crippen molar-refractivity contribution in [2.75, 3.05) is 6.54 Å². The van der Waals surface area contributed by atoms with E-state index in [1.165, 1.54) is 12.8 Å². The Hall–Kier alpha value is -0.570. The van der Waals surface area contributed by atoms with E-state index in [9.17, 15) is 4.79 Å². The summed E-state index contributed by atoms with van der Waals surface area (Å²) in [6.45, 7) is 0.795. The zero-order chi connectivity index (χ0) is 7.14. The highest BCUT2D eigenvalue weighted by molar-refractivity contribution is 5.79. The van der Waals surface area contributed by atoms with Crippen LogP contribution >= 0.6 is 0 Å². The molecule has 2 fully saturated rings. The van der Waals surface area contributed by atoms with Crippen molar-refractivity contribution in [3.8, 4) is 0 Å². The molecule has 10 heavy (non-hydrogen) atoms. The van der Waals surface area contributed by atoms with Crippen molar-refractivity contribution in [3.63, 3.8) is 0 Å². The molecule has 1 atom stereocenters. The van der Waals surface area contributed by atoms with E-state index in [0.717, 1.165) is 6.54 Å². The summed E-state index contributed by atoms with van der Waals surface area (Å²) in [4.78, 5) is 13.0. The SMILES string of the molecule is NC1CC(=O)N(C2CC2)C1. The molecule has 3 heteroatoms. The van der Waals surface area contributed by atoms with Crippen LogP contribution in [-0.2, 0) is 4.79 Å². The summed E-state index contributed by atoms with van der Waals surface area (Å²) < 4.78 is 0. The third-order valence-corrected chi connectivity index (χ3v) is 2.18. The molecule has 1 unspecified atom stereocenters. The molecule has 1 aliphatic carbocycles. The summed E-state index contributed by atoms with van der Waals surface area (Å²) in [5.74, 6) is 0.259. The van der Waals surface area contributed by atoms with E-state index in [0.29, 0.717) is 12.5 Å². The van der Waals surface area contributed by atoms with E-state index < -0.39 is 0 Å². The summed E-state index contributed by atoms with van der Waals surface area (Å²) in [5.41, 5.74) is 5.62. The Morgan fingerprint density at radius 1 is 1.50 bits per heavy atom. The molecule has 0 aromatic heterocycles. The van der Waals surface area contributed by atoms with E-state index >= 15 is 0 Å². The van der Waals surface area contributed by atoms with Crippen LogP contribution in [0.15, 0.2) is 0 Å². The van der Waals surface area contributed by atoms with Gasteiger partial charge in [-0.05, 0) is 12.8 Å². The van der Waals surface area contributed by atoms with Crippen LogP contribution in [0.2, 0.25) is 0 Å². The highest BCUT2D eigenvalue weighted by atomic mass is 16.2. The lowest BCUT2D eigenvalue weighted by Crippen LogP contribution is -2.29. The van der Waals surface area contributed by atoms with Gasteiger partial charge in [0.1, 0.15) is 0 Å². The quantitative estimate of drug-likeness (QED) is 0.544. The molecule has 2 aliphatic rings. The van der Waals surface area contributed by atoms with Gasteiger partial charge in [-0.15, -0.1) is 0 Å². The maximum absolute atomic E-state index is 11.1. The van der Waals surface area contributed by atoms with Crippen molar-refractivity contribution in [2.24, 2.45) is 5.73 Å². The van der Waals surface area contributed by atoms with Gasteiger partial charge >= 0.3 is 0 Å². The summed E-state index contributed by atoms with van der Waals surface area (Å²) in [6, 6.07) is 0.661. The van der Waals surface area contributed by atoms with E-state index in [-0.39, 0.29) is 11.9 Å². The molecule has 0 radical (unpaired) electrons. The average molecular weight is 140 g/mol. The molecule has 2 rings (SSSR count). The second kappa shape index (κ2) is 1.95. The molecular formula is C7H12N2O. The minimum atomic E-state index is 0.105. The molecule has 0 aromatic carbocycles. The summed E-state index contributed by atoms with van der Waals surface area (Å²) in [7, 11) is 0. The summed E-state index contributed by atoms with van der Waals surface area (Å²) in [6.07, 6.45) is 2.95. The molecule has 0 aromatic rings. The predicted octanol–water partition coefficient (Wildman–Crippen LogP) is -0.292. The third kappa shape index (κ3) is 0.904. The minimum absolute atomic E-state index is 0.105. The standard InChI is InChI=1S/C7H12N2O/c8-5-3-7(10)9(4-5)6-1-2-6/h5-6H,1-4,8H2. The van der Waals surface area contributed by atoms with Gasteiger partial charge in [0.05, 0.1) is 0 Å². The van der Waals surface area contributed by atoms with Crippen molar-refractivity contribution in [3.05, 3.63) is 0 Å². The van der Waals surface area contributed by atoms with Crippen LogP contribution in [0.3, 0.4) is 0 Å². The fourth-order valence-corrected chi connectivity index (χ4v) is 1.50. The van der Waals surface area contributed by atoms with E-state index in [2.05, 4.69) is 0 Å². The smallest absolute Gasteiger partial charge is 0.224 e. The topological polar surface area (TPSA) is 46.3 Å². The zero-order valence-corrected chi connectivity index (χ0v) is 5.92. The number of amides is 1. The van der Waals surface area contributed by atoms with Crippen molar-refractivity contribution >= 4 is 5.91 Å². The lowest BCUT2D eigenvalue weighted by molar-refractivity contribution is -0.128. The van der Waals surface area contributed by atoms with Crippen molar-refractivity contribution < 1.29 is 4.79 Å². The van der Waals surface area contributed by atoms with Gasteiger partial charge in [0.2, 0.25) is 5.91 Å². The molecule has 1 saturated heterocycles. The number of nitrogens with two attached hydrogens (primary N) is 1. The van der Waals surface area contributed by atoms with Crippen molar-refractivity contribution in [1.29, 1.82) is 0 Å². The molecular weight excluding hydrogens is 128 g/mol. The number of hydrogen-bond acceptors (Lipinski definition) is 2. The van der Waals surface area contributed by atoms with Crippen molar-refractivity contribution in [1.82, 2.24) is 4.90 Å². The van der Waals surface area contributed by atoms with E-state index in [1.807, 2.05) is 4.90 Å². The Kier molecular flexibility index (Phi) is 1.20. The number of carbonyl (C=O) groups is 1. The van der Waals surface area contributed by atoms with Gasteiger partial charge in [-0.3, -0.25) is 4.79 Å². The number of carbonyl (C=O) groups excluding carboxylic acids is 1. The summed E-state index contributed by atoms with van der Waals surface area (Å²) in [5, 5.41) is 0. The highest BCUT2D eigenvalue weighted by Crippen LogP contribution is 2.29. The highest BCUT2D eigenvalue weighted by Gasteiger charge is 2.37. The first-order valence-electron chi connectivity index (χ1n) is 3.82. The fraction of sp³-hybridized carbons (Fsp3) is 0.857. The van der Waals surface area contributed by atoms with Crippen LogP contribution < -0.4 is 5.73 Å². The van der Waals surface area contributed by atoms with Gasteiger partial charge in [-0.25, -0.2) is 0 Å². The average Bonchev–Trinajstić information content (AvgIpc) is 2.61. The molecule has 0 bridgehead atoms. The molecule has 3 nitrogen and oxygen atoms in total. The van der Waals surface area contributed by atoms with Crippen LogP contribution in [0.25, 0.3) is 0 Å². The molecule has 1 amide bonds. The molecule has 2 N–H and O–H groups in total. The van der Waals surface area contributed by atoms with Crippen LogP contribution in [0, 0.1) is 0 Å². The Bertz CT molecular complexity index is 165. The zero-order valence-electron chi connectivity index (χ0n) is 5.92. The second-order valence-electron chi connectivity index (χ2n) is 3.24. The largest absolute Gasteiger partial charge is 0.338 e. The Morgan fingerprint density at radius 3 is 2.60 bits per heavy atom. The fourth-order valence-electron chi connectivity index (χ4n) is 1.50. The minimum Gasteiger partial charge on any atom is -0.338 e. The Balaban J connectivity index is 2.01. The Morgan fingerprint density at radius 2 is 2.20 bits per heavy atom. The molecule has 1 heterocycles. The van der Waals surface area contributed by atoms with Crippen LogP contribution in [-0.4, -0.2) is 29.4 Å². The van der Waals surface area contributed by atoms with E-state index in [1.54, 1.807) is 0 Å². The number of rotatable bonds is 1.